The number of hydrogen-bond acceptors (Lipinski definition) is 4. The maximum absolute atomic E-state index is 13.2. The number of H-pyrrole nitrogens is 1. The molecule has 1 aliphatic rings. The van der Waals surface area contributed by atoms with Crippen molar-refractivity contribution in [3.05, 3.63) is 52.0 Å². The summed E-state index contributed by atoms with van der Waals surface area (Å²) < 4.78 is 41.4. The van der Waals surface area contributed by atoms with Crippen LogP contribution in [-0.4, -0.2) is 29.6 Å². The van der Waals surface area contributed by atoms with Crippen molar-refractivity contribution in [1.82, 2.24) is 19.9 Å². The molecule has 2 aromatic heterocycles. The number of sulfonamides is 1. The van der Waals surface area contributed by atoms with Gasteiger partial charge in [0.25, 0.3) is 0 Å². The highest BCUT2D eigenvalue weighted by Crippen LogP contribution is 2.28. The Morgan fingerprint density at radius 2 is 2.16 bits per heavy atom. The maximum Gasteiger partial charge on any atom is 0.241 e. The van der Waals surface area contributed by atoms with Gasteiger partial charge in [0.05, 0.1) is 11.1 Å². The molecule has 2 N–H and O–H groups in total. The summed E-state index contributed by atoms with van der Waals surface area (Å²) in [6.45, 7) is 0. The van der Waals surface area contributed by atoms with Crippen LogP contribution in [0.2, 0.25) is 0 Å². The minimum absolute atomic E-state index is 0.0307. The number of fused-ring (bicyclic) bond motifs is 3. The Kier molecular flexibility index (Phi) is 4.09. The average molecular weight is 425 g/mol. The third-order valence-electron chi connectivity index (χ3n) is 4.40. The van der Waals surface area contributed by atoms with Crippen molar-refractivity contribution in [3.63, 3.8) is 0 Å². The fourth-order valence-electron chi connectivity index (χ4n) is 3.23. The van der Waals surface area contributed by atoms with Gasteiger partial charge in [-0.3, -0.25) is 5.10 Å². The van der Waals surface area contributed by atoms with E-state index in [9.17, 15) is 12.8 Å². The molecule has 6 nitrogen and oxygen atoms in total. The first-order chi connectivity index (χ1) is 11.9. The molecule has 4 rings (SSSR count). The molecule has 1 unspecified atom stereocenters. The predicted octanol–water partition coefficient (Wildman–Crippen LogP) is 2.70. The molecule has 130 valence electrons. The van der Waals surface area contributed by atoms with E-state index in [-0.39, 0.29) is 15.4 Å². The number of nitrogens with one attached hydrogen (secondary N) is 2. The zero-order valence-electron chi connectivity index (χ0n) is 13.0. The Morgan fingerprint density at radius 3 is 2.96 bits per heavy atom. The van der Waals surface area contributed by atoms with Crippen LogP contribution in [0.3, 0.4) is 0 Å². The van der Waals surface area contributed by atoms with Gasteiger partial charge in [-0.2, -0.15) is 5.10 Å². The molecule has 0 aliphatic heterocycles. The number of rotatable bonds is 3. The lowest BCUT2D eigenvalue weighted by molar-refractivity contribution is 0.508. The molecule has 0 saturated heterocycles. The predicted molar refractivity (Wildman–Crippen MR) is 94.1 cm³/mol. The molecular formula is C16H14BrFN4O2S. The first kappa shape index (κ1) is 16.6. The second-order valence-electron chi connectivity index (χ2n) is 6.03. The van der Waals surface area contributed by atoms with Crippen molar-refractivity contribution in [1.29, 1.82) is 0 Å². The van der Waals surface area contributed by atoms with E-state index in [1.54, 1.807) is 12.4 Å². The minimum Gasteiger partial charge on any atom is -0.261 e. The third-order valence-corrected chi connectivity index (χ3v) is 6.89. The summed E-state index contributed by atoms with van der Waals surface area (Å²) >= 11 is 3.12. The van der Waals surface area contributed by atoms with Crippen LogP contribution >= 0.6 is 15.9 Å². The minimum atomic E-state index is -3.74. The summed E-state index contributed by atoms with van der Waals surface area (Å²) in [5.74, 6) is -0.493. The largest absolute Gasteiger partial charge is 0.261 e. The van der Waals surface area contributed by atoms with E-state index in [0.717, 1.165) is 40.7 Å². The monoisotopic (exact) mass is 424 g/mol. The van der Waals surface area contributed by atoms with Gasteiger partial charge < -0.3 is 0 Å². The average Bonchev–Trinajstić information content (AvgIpc) is 3.02. The van der Waals surface area contributed by atoms with Gasteiger partial charge in [-0.25, -0.2) is 22.5 Å². The third kappa shape index (κ3) is 3.07. The van der Waals surface area contributed by atoms with Crippen LogP contribution in [0.25, 0.3) is 11.0 Å². The highest BCUT2D eigenvalue weighted by molar-refractivity contribution is 9.10. The van der Waals surface area contributed by atoms with Crippen LogP contribution in [0.1, 0.15) is 17.5 Å². The van der Waals surface area contributed by atoms with Crippen LogP contribution in [0.5, 0.6) is 0 Å². The standard InChI is InChI=1S/C16H14BrFN4O2S/c17-14-6-10(18)1-4-15(14)25(23,24)22-11-2-3-12-9(5-11)7-19-16-13(12)8-20-21-16/h1,4,6-8,11,22H,2-3,5H2,(H,19,20,21). The molecule has 1 atom stereocenters. The van der Waals surface area contributed by atoms with Crippen LogP contribution in [0.4, 0.5) is 4.39 Å². The van der Waals surface area contributed by atoms with E-state index in [1.807, 2.05) is 0 Å². The van der Waals surface area contributed by atoms with Gasteiger partial charge in [0.2, 0.25) is 10.0 Å². The summed E-state index contributed by atoms with van der Waals surface area (Å²) in [5, 5.41) is 7.84. The molecule has 2 heterocycles. The fourth-order valence-corrected chi connectivity index (χ4v) is 5.55. The molecule has 0 amide bonds. The number of benzene rings is 1. The molecular weight excluding hydrogens is 411 g/mol. The summed E-state index contributed by atoms with van der Waals surface area (Å²) in [4.78, 5) is 4.35. The van der Waals surface area contributed by atoms with Crippen LogP contribution in [0, 0.1) is 5.82 Å². The number of hydrogen-bond donors (Lipinski definition) is 2. The quantitative estimate of drug-likeness (QED) is 0.676. The Bertz CT molecular complexity index is 1070. The first-order valence-electron chi connectivity index (χ1n) is 7.71. The molecule has 0 spiro atoms. The first-order valence-corrected chi connectivity index (χ1v) is 9.99. The molecule has 9 heteroatoms. The lowest BCUT2D eigenvalue weighted by Crippen LogP contribution is -2.39. The summed E-state index contributed by atoms with van der Waals surface area (Å²) in [5.41, 5.74) is 2.93. The highest BCUT2D eigenvalue weighted by atomic mass is 79.9. The molecule has 0 saturated carbocycles. The van der Waals surface area contributed by atoms with Gasteiger partial charge in [-0.1, -0.05) is 0 Å². The SMILES string of the molecule is O=S(=O)(NC1CCc2c(cnc3[nH]ncc23)C1)c1ccc(F)cc1Br. The summed E-state index contributed by atoms with van der Waals surface area (Å²) in [7, 11) is -3.74. The molecule has 0 fully saturated rings. The highest BCUT2D eigenvalue weighted by Gasteiger charge is 2.27. The molecule has 3 aromatic rings. The number of aromatic amines is 1. The van der Waals surface area contributed by atoms with E-state index < -0.39 is 15.8 Å². The number of pyridine rings is 1. The van der Waals surface area contributed by atoms with E-state index in [0.29, 0.717) is 12.8 Å². The summed E-state index contributed by atoms with van der Waals surface area (Å²) in [6.07, 6.45) is 5.49. The Balaban J connectivity index is 1.59. The van der Waals surface area contributed by atoms with Gasteiger partial charge in [-0.15, -0.1) is 0 Å². The number of aryl methyl sites for hydroxylation is 1. The van der Waals surface area contributed by atoms with Crippen molar-refractivity contribution in [2.24, 2.45) is 0 Å². The second kappa shape index (κ2) is 6.15. The summed E-state index contributed by atoms with van der Waals surface area (Å²) in [6, 6.07) is 3.30. The zero-order chi connectivity index (χ0) is 17.6. The molecule has 1 aliphatic carbocycles. The molecule has 0 bridgehead atoms. The Labute approximate surface area is 152 Å². The van der Waals surface area contributed by atoms with Crippen LogP contribution in [-0.2, 0) is 22.9 Å². The van der Waals surface area contributed by atoms with E-state index in [1.165, 1.54) is 6.07 Å². The van der Waals surface area contributed by atoms with E-state index in [4.69, 9.17) is 0 Å². The Hall–Kier alpha value is -1.84. The van der Waals surface area contributed by atoms with Gasteiger partial charge in [0, 0.05) is 22.1 Å². The fraction of sp³-hybridized carbons (Fsp3) is 0.250. The van der Waals surface area contributed by atoms with Gasteiger partial charge in [0.15, 0.2) is 5.65 Å². The lowest BCUT2D eigenvalue weighted by Gasteiger charge is -2.25. The number of halogens is 2. The smallest absolute Gasteiger partial charge is 0.241 e. The van der Waals surface area contributed by atoms with E-state index >= 15 is 0 Å². The van der Waals surface area contributed by atoms with Gasteiger partial charge in [0.1, 0.15) is 5.82 Å². The van der Waals surface area contributed by atoms with Crippen molar-refractivity contribution in [3.8, 4) is 0 Å². The normalized spacial score (nSPS) is 17.6. The number of aromatic nitrogens is 3. The second-order valence-corrected chi connectivity index (χ2v) is 8.57. The number of nitrogens with zero attached hydrogens (tertiary/aromatic N) is 2. The van der Waals surface area contributed by atoms with Crippen molar-refractivity contribution < 1.29 is 12.8 Å². The van der Waals surface area contributed by atoms with Gasteiger partial charge >= 0.3 is 0 Å². The van der Waals surface area contributed by atoms with E-state index in [2.05, 4.69) is 35.8 Å². The van der Waals surface area contributed by atoms with Gasteiger partial charge in [-0.05, 0) is 64.5 Å². The Morgan fingerprint density at radius 1 is 1.32 bits per heavy atom. The van der Waals surface area contributed by atoms with Crippen molar-refractivity contribution in [2.75, 3.05) is 0 Å². The molecule has 0 radical (unpaired) electrons. The lowest BCUT2D eigenvalue weighted by atomic mass is 9.88. The van der Waals surface area contributed by atoms with Crippen molar-refractivity contribution in [2.45, 2.75) is 30.2 Å². The van der Waals surface area contributed by atoms with Crippen molar-refractivity contribution >= 4 is 37.0 Å². The van der Waals surface area contributed by atoms with Crippen LogP contribution in [0.15, 0.2) is 40.0 Å². The maximum atomic E-state index is 13.2. The molecule has 1 aromatic carbocycles. The van der Waals surface area contributed by atoms with Crippen LogP contribution < -0.4 is 4.72 Å². The topological polar surface area (TPSA) is 87.7 Å². The zero-order valence-corrected chi connectivity index (χ0v) is 15.4. The molecule has 25 heavy (non-hydrogen) atoms.